The van der Waals surface area contributed by atoms with Crippen LogP contribution in [0.25, 0.3) is 6.08 Å². The Morgan fingerprint density at radius 1 is 1.47 bits per heavy atom. The van der Waals surface area contributed by atoms with Crippen LogP contribution in [0, 0.1) is 0 Å². The zero-order valence-corrected chi connectivity index (χ0v) is 11.6. The van der Waals surface area contributed by atoms with E-state index in [9.17, 15) is 0 Å². The normalized spacial score (nSPS) is 17.9. The van der Waals surface area contributed by atoms with Crippen LogP contribution in [0.15, 0.2) is 24.9 Å². The minimum atomic E-state index is 0.546. The summed E-state index contributed by atoms with van der Waals surface area (Å²) >= 11 is 0. The second kappa shape index (κ2) is 7.26. The first kappa shape index (κ1) is 14.0. The predicted molar refractivity (Wildman–Crippen MR) is 79.3 cm³/mol. The molecule has 0 radical (unpaired) electrons. The Kier molecular flexibility index (Phi) is 5.36. The fourth-order valence-corrected chi connectivity index (χ4v) is 2.33. The van der Waals surface area contributed by atoms with Crippen molar-refractivity contribution >= 4 is 11.9 Å². The Morgan fingerprint density at radius 2 is 2.26 bits per heavy atom. The lowest BCUT2D eigenvalue weighted by molar-refractivity contribution is 0.0184. The van der Waals surface area contributed by atoms with Crippen LogP contribution in [-0.4, -0.2) is 48.8 Å². The van der Waals surface area contributed by atoms with Crippen molar-refractivity contribution in [1.29, 1.82) is 0 Å². The van der Waals surface area contributed by atoms with Crippen LogP contribution in [0.5, 0.6) is 0 Å². The highest BCUT2D eigenvalue weighted by atomic mass is 16.5. The van der Waals surface area contributed by atoms with Crippen molar-refractivity contribution in [3.8, 4) is 0 Å². The maximum atomic E-state index is 5.40. The van der Waals surface area contributed by atoms with E-state index in [-0.39, 0.29) is 0 Å². The minimum Gasteiger partial charge on any atom is -0.379 e. The van der Waals surface area contributed by atoms with Gasteiger partial charge in [0, 0.05) is 31.9 Å². The van der Waals surface area contributed by atoms with Gasteiger partial charge in [-0.1, -0.05) is 19.6 Å². The van der Waals surface area contributed by atoms with Crippen LogP contribution in [0.2, 0.25) is 0 Å². The first-order valence-electron chi connectivity index (χ1n) is 6.97. The molecule has 1 N–H and O–H groups in total. The van der Waals surface area contributed by atoms with E-state index in [2.05, 4.69) is 28.7 Å². The third kappa shape index (κ3) is 4.04. The van der Waals surface area contributed by atoms with Gasteiger partial charge in [-0.3, -0.25) is 4.90 Å². The molecule has 1 fully saturated rings. The van der Waals surface area contributed by atoms with E-state index in [1.165, 1.54) is 0 Å². The number of hydrogen-bond acceptors (Lipinski definition) is 4. The molecule has 1 aliphatic rings. The number of aromatic nitrogens is 1. The molecule has 2 heterocycles. The minimum absolute atomic E-state index is 0.546. The number of pyridine rings is 1. The number of rotatable bonds is 6. The molecule has 4 nitrogen and oxygen atoms in total. The Bertz CT molecular complexity index is 385. The summed E-state index contributed by atoms with van der Waals surface area (Å²) in [5, 5.41) is 3.42. The molecule has 0 unspecified atom stereocenters. The van der Waals surface area contributed by atoms with Crippen LogP contribution in [0.4, 0.5) is 5.82 Å². The van der Waals surface area contributed by atoms with Gasteiger partial charge >= 0.3 is 0 Å². The summed E-state index contributed by atoms with van der Waals surface area (Å²) in [6.07, 6.45) is 4.78. The summed E-state index contributed by atoms with van der Waals surface area (Å²) in [5.41, 5.74) is 1.05. The van der Waals surface area contributed by atoms with E-state index in [0.717, 1.165) is 50.7 Å². The van der Waals surface area contributed by atoms with Gasteiger partial charge in [-0.15, -0.1) is 0 Å². The second-order valence-electron chi connectivity index (χ2n) is 4.77. The van der Waals surface area contributed by atoms with Gasteiger partial charge in [-0.05, 0) is 24.1 Å². The maximum absolute atomic E-state index is 5.40. The summed E-state index contributed by atoms with van der Waals surface area (Å²) < 4.78 is 5.40. The van der Waals surface area contributed by atoms with Crippen LogP contribution < -0.4 is 5.32 Å². The molecule has 0 saturated carbocycles. The van der Waals surface area contributed by atoms with Crippen LogP contribution >= 0.6 is 0 Å². The van der Waals surface area contributed by atoms with Crippen LogP contribution in [0.1, 0.15) is 18.9 Å². The van der Waals surface area contributed by atoms with E-state index in [1.807, 2.05) is 18.3 Å². The molecule has 1 saturated heterocycles. The molecule has 2 rings (SSSR count). The van der Waals surface area contributed by atoms with Crippen molar-refractivity contribution in [3.05, 3.63) is 30.5 Å². The smallest absolute Gasteiger partial charge is 0.125 e. The number of ether oxygens (including phenoxy) is 1. The van der Waals surface area contributed by atoms with Gasteiger partial charge in [0.05, 0.1) is 13.2 Å². The third-order valence-corrected chi connectivity index (χ3v) is 3.57. The maximum Gasteiger partial charge on any atom is 0.125 e. The predicted octanol–water partition coefficient (Wildman–Crippen LogP) is 2.25. The van der Waals surface area contributed by atoms with Crippen molar-refractivity contribution in [3.63, 3.8) is 0 Å². The molecule has 0 amide bonds. The van der Waals surface area contributed by atoms with E-state index in [1.54, 1.807) is 6.08 Å². The number of morpholine rings is 1. The summed E-state index contributed by atoms with van der Waals surface area (Å²) in [6.45, 7) is 10.7. The Hall–Kier alpha value is -1.39. The van der Waals surface area contributed by atoms with Gasteiger partial charge in [0.1, 0.15) is 5.82 Å². The molecule has 4 heteroatoms. The molecule has 104 valence electrons. The van der Waals surface area contributed by atoms with E-state index >= 15 is 0 Å². The lowest BCUT2D eigenvalue weighted by Gasteiger charge is -2.34. The molecule has 1 aromatic heterocycles. The first-order valence-corrected chi connectivity index (χ1v) is 6.97. The molecule has 1 aromatic rings. The number of nitrogens with one attached hydrogen (secondary N) is 1. The molecule has 1 aliphatic heterocycles. The number of hydrogen-bond donors (Lipinski definition) is 1. The van der Waals surface area contributed by atoms with Gasteiger partial charge in [-0.2, -0.15) is 0 Å². The second-order valence-corrected chi connectivity index (χ2v) is 4.77. The average molecular weight is 261 g/mol. The van der Waals surface area contributed by atoms with Crippen molar-refractivity contribution in [1.82, 2.24) is 9.88 Å². The Labute approximate surface area is 115 Å². The molecule has 1 atom stereocenters. The molecule has 19 heavy (non-hydrogen) atoms. The molecule has 0 aliphatic carbocycles. The standard InChI is InChI=1S/C15H23N3O/c1-3-13-5-6-15(16-11-13)17-12-14(4-2)18-7-9-19-10-8-18/h3,5-6,11,14H,1,4,7-10,12H2,2H3,(H,16,17)/t14-/m1/s1. The highest BCUT2D eigenvalue weighted by molar-refractivity contribution is 5.48. The van der Waals surface area contributed by atoms with Gasteiger partial charge in [0.2, 0.25) is 0 Å². The Balaban J connectivity index is 1.85. The zero-order valence-electron chi connectivity index (χ0n) is 11.6. The topological polar surface area (TPSA) is 37.4 Å². The van der Waals surface area contributed by atoms with Crippen molar-refractivity contribution in [2.75, 3.05) is 38.2 Å². The quantitative estimate of drug-likeness (QED) is 0.852. The number of anilines is 1. The molecule has 0 spiro atoms. The van der Waals surface area contributed by atoms with Gasteiger partial charge in [0.15, 0.2) is 0 Å². The highest BCUT2D eigenvalue weighted by Crippen LogP contribution is 2.10. The molecular formula is C15H23N3O. The van der Waals surface area contributed by atoms with Crippen molar-refractivity contribution in [2.45, 2.75) is 19.4 Å². The summed E-state index contributed by atoms with van der Waals surface area (Å²) in [7, 11) is 0. The Morgan fingerprint density at radius 3 is 2.84 bits per heavy atom. The SMILES string of the molecule is C=Cc1ccc(NC[C@@H](CC)N2CCOCC2)nc1. The average Bonchev–Trinajstić information content (AvgIpc) is 2.49. The van der Waals surface area contributed by atoms with Crippen LogP contribution in [0.3, 0.4) is 0 Å². The fraction of sp³-hybridized carbons (Fsp3) is 0.533. The first-order chi connectivity index (χ1) is 9.33. The van der Waals surface area contributed by atoms with Crippen LogP contribution in [-0.2, 0) is 4.74 Å². The largest absolute Gasteiger partial charge is 0.379 e. The van der Waals surface area contributed by atoms with Crippen molar-refractivity contribution < 1.29 is 4.74 Å². The summed E-state index contributed by atoms with van der Waals surface area (Å²) in [5.74, 6) is 0.928. The monoisotopic (exact) mass is 261 g/mol. The van der Waals surface area contributed by atoms with Gasteiger partial charge in [-0.25, -0.2) is 4.98 Å². The van der Waals surface area contributed by atoms with E-state index in [0.29, 0.717) is 6.04 Å². The van der Waals surface area contributed by atoms with Crippen molar-refractivity contribution in [2.24, 2.45) is 0 Å². The zero-order chi connectivity index (χ0) is 13.5. The lowest BCUT2D eigenvalue weighted by Crippen LogP contribution is -2.46. The van der Waals surface area contributed by atoms with Gasteiger partial charge in [0.25, 0.3) is 0 Å². The highest BCUT2D eigenvalue weighted by Gasteiger charge is 2.19. The lowest BCUT2D eigenvalue weighted by atomic mass is 10.1. The van der Waals surface area contributed by atoms with E-state index in [4.69, 9.17) is 4.74 Å². The van der Waals surface area contributed by atoms with E-state index < -0.39 is 0 Å². The molecule has 0 aromatic carbocycles. The summed E-state index contributed by atoms with van der Waals surface area (Å²) in [6, 6.07) is 4.57. The fourth-order valence-electron chi connectivity index (χ4n) is 2.33. The molecular weight excluding hydrogens is 238 g/mol. The van der Waals surface area contributed by atoms with Gasteiger partial charge < -0.3 is 10.1 Å². The number of nitrogens with zero attached hydrogens (tertiary/aromatic N) is 2. The third-order valence-electron chi connectivity index (χ3n) is 3.57. The summed E-state index contributed by atoms with van der Waals surface area (Å²) in [4.78, 5) is 6.87. The molecule has 0 bridgehead atoms.